The van der Waals surface area contributed by atoms with Crippen LogP contribution in [0.4, 0.5) is 11.5 Å². The number of nitrogens with zero attached hydrogens (tertiary/aromatic N) is 2. The van der Waals surface area contributed by atoms with Crippen molar-refractivity contribution in [3.63, 3.8) is 0 Å². The van der Waals surface area contributed by atoms with Crippen molar-refractivity contribution < 1.29 is 9.53 Å². The first-order valence-electron chi connectivity index (χ1n) is 9.31. The Bertz CT molecular complexity index is 967. The number of carbonyl (C=O) groups is 1. The minimum Gasteiger partial charge on any atom is -0.481 e. The molecule has 0 spiro atoms. The molecule has 0 aliphatic rings. The van der Waals surface area contributed by atoms with Gasteiger partial charge in [0.15, 0.2) is 18.0 Å². The number of nitrogens with two attached hydrogens (primary N) is 1. The van der Waals surface area contributed by atoms with E-state index in [-0.39, 0.29) is 33.8 Å². The number of aromatic nitrogens is 2. The zero-order valence-electron chi connectivity index (χ0n) is 16.3. The van der Waals surface area contributed by atoms with Gasteiger partial charge >= 0.3 is 5.69 Å². The van der Waals surface area contributed by atoms with E-state index < -0.39 is 23.8 Å². The fourth-order valence-electron chi connectivity index (χ4n) is 2.79. The van der Waals surface area contributed by atoms with E-state index >= 15 is 0 Å². The Balaban J connectivity index is 2.39. The van der Waals surface area contributed by atoms with Crippen molar-refractivity contribution in [2.45, 2.75) is 39.7 Å². The van der Waals surface area contributed by atoms with Crippen molar-refractivity contribution in [1.29, 1.82) is 0 Å². The van der Waals surface area contributed by atoms with Crippen molar-refractivity contribution in [2.24, 2.45) is 0 Å². The van der Waals surface area contributed by atoms with Crippen LogP contribution in [-0.4, -0.2) is 28.6 Å². The van der Waals surface area contributed by atoms with Crippen LogP contribution in [0.5, 0.6) is 5.75 Å². The number of H-pyrrole nitrogens is 1. The Morgan fingerprint density at radius 1 is 1.21 bits per heavy atom. The van der Waals surface area contributed by atoms with E-state index in [9.17, 15) is 14.4 Å². The Morgan fingerprint density at radius 2 is 1.86 bits per heavy atom. The number of rotatable bonds is 9. The number of ether oxygens (including phenoxy) is 1. The van der Waals surface area contributed by atoms with Crippen LogP contribution < -0.4 is 26.6 Å². The van der Waals surface area contributed by atoms with Crippen LogP contribution >= 0.6 is 23.2 Å². The quantitative estimate of drug-likeness (QED) is 0.619. The van der Waals surface area contributed by atoms with E-state index in [1.54, 1.807) is 18.2 Å². The Labute approximate surface area is 178 Å². The molecule has 1 amide bonds. The summed E-state index contributed by atoms with van der Waals surface area (Å²) in [5.74, 6) is -0.383. The molecule has 1 aromatic carbocycles. The number of halogens is 2. The zero-order valence-corrected chi connectivity index (χ0v) is 17.8. The summed E-state index contributed by atoms with van der Waals surface area (Å²) in [7, 11) is 0. The van der Waals surface area contributed by atoms with Gasteiger partial charge in [0.05, 0.1) is 10.0 Å². The summed E-state index contributed by atoms with van der Waals surface area (Å²) in [6, 6.07) is 4.83. The van der Waals surface area contributed by atoms with Crippen LogP contribution in [0, 0.1) is 0 Å². The molecule has 0 aliphatic heterocycles. The van der Waals surface area contributed by atoms with E-state index in [0.717, 1.165) is 6.42 Å². The second-order valence-corrected chi connectivity index (χ2v) is 7.20. The zero-order chi connectivity index (χ0) is 21.6. The van der Waals surface area contributed by atoms with Crippen molar-refractivity contribution in [1.82, 2.24) is 9.55 Å². The van der Waals surface area contributed by atoms with Gasteiger partial charge < -0.3 is 15.4 Å². The maximum Gasteiger partial charge on any atom is 0.330 e. The Hall–Kier alpha value is -2.45. The summed E-state index contributed by atoms with van der Waals surface area (Å²) in [6.45, 7) is 3.98. The molecular formula is C19H24Cl2N4O4. The molecule has 2 aromatic rings. The number of hydrogen-bond acceptors (Lipinski definition) is 5. The first-order chi connectivity index (χ1) is 13.8. The Morgan fingerprint density at radius 3 is 2.45 bits per heavy atom. The number of benzene rings is 1. The number of carbonyl (C=O) groups excluding carboxylic acids is 1. The molecule has 0 unspecified atom stereocenters. The van der Waals surface area contributed by atoms with Gasteiger partial charge in [-0.05, 0) is 25.0 Å². The molecule has 1 heterocycles. The van der Waals surface area contributed by atoms with E-state index in [0.29, 0.717) is 19.4 Å². The molecule has 0 aliphatic carbocycles. The highest BCUT2D eigenvalue weighted by atomic mass is 35.5. The third-order valence-corrected chi connectivity index (χ3v) is 4.82. The molecule has 158 valence electrons. The second kappa shape index (κ2) is 10.4. The van der Waals surface area contributed by atoms with Crippen molar-refractivity contribution in [3.8, 4) is 5.75 Å². The molecule has 0 radical (unpaired) electrons. The molecule has 0 atom stereocenters. The lowest BCUT2D eigenvalue weighted by molar-refractivity contribution is -0.120. The molecule has 0 bridgehead atoms. The topological polar surface area (TPSA) is 110 Å². The number of unbranched alkanes of at least 4 members (excludes halogenated alkanes) is 1. The SMILES string of the molecule is CCCCN(C(=O)COc1c(Cl)cccc1Cl)c1c(N)n(CCC)c(=O)[nH]c1=O. The largest absolute Gasteiger partial charge is 0.481 e. The van der Waals surface area contributed by atoms with Gasteiger partial charge in [-0.3, -0.25) is 19.1 Å². The van der Waals surface area contributed by atoms with Crippen molar-refractivity contribution >= 4 is 40.6 Å². The average molecular weight is 443 g/mol. The van der Waals surface area contributed by atoms with Crippen LogP contribution in [0.25, 0.3) is 0 Å². The summed E-state index contributed by atoms with van der Waals surface area (Å²) in [5, 5.41) is 0.526. The molecular weight excluding hydrogens is 419 g/mol. The number of hydrogen-bond donors (Lipinski definition) is 2. The van der Waals surface area contributed by atoms with Gasteiger partial charge in [-0.15, -0.1) is 0 Å². The predicted octanol–water partition coefficient (Wildman–Crippen LogP) is 3.05. The molecule has 0 fully saturated rings. The first-order valence-corrected chi connectivity index (χ1v) is 10.1. The maximum absolute atomic E-state index is 12.9. The summed E-state index contributed by atoms with van der Waals surface area (Å²) in [5.41, 5.74) is 4.71. The van der Waals surface area contributed by atoms with Gasteiger partial charge in [0.1, 0.15) is 5.82 Å². The van der Waals surface area contributed by atoms with E-state index in [2.05, 4.69) is 4.98 Å². The van der Waals surface area contributed by atoms with Gasteiger partial charge in [-0.1, -0.05) is 49.5 Å². The number of amides is 1. The summed E-state index contributed by atoms with van der Waals surface area (Å²) < 4.78 is 6.76. The molecule has 0 saturated carbocycles. The molecule has 3 N–H and O–H groups in total. The first kappa shape index (κ1) is 22.8. The van der Waals surface area contributed by atoms with Crippen LogP contribution in [0.2, 0.25) is 10.0 Å². The lowest BCUT2D eigenvalue weighted by Gasteiger charge is -2.24. The number of para-hydroxylation sites is 1. The third kappa shape index (κ3) is 5.33. The van der Waals surface area contributed by atoms with Gasteiger partial charge in [-0.2, -0.15) is 0 Å². The van der Waals surface area contributed by atoms with Crippen molar-refractivity contribution in [3.05, 3.63) is 49.1 Å². The van der Waals surface area contributed by atoms with E-state index in [4.69, 9.17) is 33.7 Å². The normalized spacial score (nSPS) is 10.8. The standard InChI is InChI=1S/C19H24Cl2N4O4/c1-3-5-10-24(14(26)11-29-16-12(20)7-6-8-13(16)21)15-17(22)25(9-4-2)19(28)23-18(15)27/h6-8H,3-5,9-11,22H2,1-2H3,(H,23,27,28). The van der Waals surface area contributed by atoms with E-state index in [1.807, 2.05) is 13.8 Å². The third-order valence-electron chi connectivity index (χ3n) is 4.23. The minimum atomic E-state index is -0.722. The number of anilines is 2. The monoisotopic (exact) mass is 442 g/mol. The van der Waals surface area contributed by atoms with Gasteiger partial charge in [0.25, 0.3) is 11.5 Å². The molecule has 0 saturated heterocycles. The molecule has 8 nitrogen and oxygen atoms in total. The van der Waals surface area contributed by atoms with E-state index in [1.165, 1.54) is 9.47 Å². The minimum absolute atomic E-state index is 0.0548. The highest BCUT2D eigenvalue weighted by molar-refractivity contribution is 6.37. The number of nitrogen functional groups attached to an aromatic ring is 1. The lowest BCUT2D eigenvalue weighted by Crippen LogP contribution is -2.43. The second-order valence-electron chi connectivity index (χ2n) is 6.38. The summed E-state index contributed by atoms with van der Waals surface area (Å²) >= 11 is 12.1. The number of nitrogens with one attached hydrogen (secondary N) is 1. The van der Waals surface area contributed by atoms with Crippen LogP contribution in [0.3, 0.4) is 0 Å². The van der Waals surface area contributed by atoms with Gasteiger partial charge in [0, 0.05) is 13.1 Å². The summed E-state index contributed by atoms with van der Waals surface area (Å²) in [4.78, 5) is 40.9. The van der Waals surface area contributed by atoms with Gasteiger partial charge in [0.2, 0.25) is 0 Å². The number of aromatic amines is 1. The average Bonchev–Trinajstić information content (AvgIpc) is 2.67. The maximum atomic E-state index is 12.9. The summed E-state index contributed by atoms with van der Waals surface area (Å²) in [6.07, 6.45) is 2.05. The van der Waals surface area contributed by atoms with Crippen LogP contribution in [0.15, 0.2) is 27.8 Å². The highest BCUT2D eigenvalue weighted by Crippen LogP contribution is 2.32. The highest BCUT2D eigenvalue weighted by Gasteiger charge is 2.24. The van der Waals surface area contributed by atoms with Gasteiger partial charge in [-0.25, -0.2) is 4.79 Å². The van der Waals surface area contributed by atoms with Crippen molar-refractivity contribution in [2.75, 3.05) is 23.8 Å². The molecule has 10 heteroatoms. The van der Waals surface area contributed by atoms with Crippen LogP contribution in [0.1, 0.15) is 33.1 Å². The lowest BCUT2D eigenvalue weighted by atomic mass is 10.2. The molecule has 1 aromatic heterocycles. The molecule has 2 rings (SSSR count). The molecule has 29 heavy (non-hydrogen) atoms. The predicted molar refractivity (Wildman–Crippen MR) is 115 cm³/mol. The fraction of sp³-hybridized carbons (Fsp3) is 0.421. The van der Waals surface area contributed by atoms with Crippen LogP contribution in [-0.2, 0) is 11.3 Å². The smallest absolute Gasteiger partial charge is 0.330 e. The Kier molecular flexibility index (Phi) is 8.16. The fourth-order valence-corrected chi connectivity index (χ4v) is 3.30.